The van der Waals surface area contributed by atoms with E-state index in [9.17, 15) is 4.79 Å². The minimum absolute atomic E-state index is 0.181. The van der Waals surface area contributed by atoms with E-state index in [1.807, 2.05) is 71.5 Å². The van der Waals surface area contributed by atoms with Crippen LogP contribution in [0.5, 0.6) is 17.2 Å². The third-order valence-electron chi connectivity index (χ3n) is 8.33. The topological polar surface area (TPSA) is 103 Å². The molecule has 0 bridgehead atoms. The second-order valence-corrected chi connectivity index (χ2v) is 11.6. The largest absolute Gasteiger partial charge is 0.497 e. The summed E-state index contributed by atoms with van der Waals surface area (Å²) >= 11 is 0. The Bertz CT molecular complexity index is 1690. The third kappa shape index (κ3) is 9.28. The van der Waals surface area contributed by atoms with Gasteiger partial charge < -0.3 is 28.4 Å². The average Bonchev–Trinajstić information content (AvgIpc) is 3.65. The predicted molar refractivity (Wildman–Crippen MR) is 190 cm³/mol. The molecule has 50 heavy (non-hydrogen) atoms. The molecule has 10 nitrogen and oxygen atoms in total. The van der Waals surface area contributed by atoms with Gasteiger partial charge in [-0.15, -0.1) is 5.10 Å². The molecule has 0 unspecified atom stereocenters. The second kappa shape index (κ2) is 18.5. The summed E-state index contributed by atoms with van der Waals surface area (Å²) in [7, 11) is 4.87. The van der Waals surface area contributed by atoms with Crippen LogP contribution in [0, 0.1) is 0 Å². The molecule has 0 radical (unpaired) electrons. The zero-order valence-corrected chi connectivity index (χ0v) is 29.0. The normalized spacial score (nSPS) is 11.3. The smallest absolute Gasteiger partial charge is 0.342 e. The monoisotopic (exact) mass is 679 g/mol. The molecule has 0 N–H and O–H groups in total. The maximum Gasteiger partial charge on any atom is 0.342 e. The Hall–Kier alpha value is -5.19. The summed E-state index contributed by atoms with van der Waals surface area (Å²) in [6, 6.07) is 33.3. The highest BCUT2D eigenvalue weighted by molar-refractivity contribution is 5.92. The molecule has 0 aliphatic rings. The van der Waals surface area contributed by atoms with E-state index in [1.54, 1.807) is 39.5 Å². The lowest BCUT2D eigenvalue weighted by molar-refractivity contribution is 0.00844. The minimum atomic E-state index is -1.04. The zero-order valence-electron chi connectivity index (χ0n) is 29.0. The number of benzene rings is 4. The Morgan fingerprint density at radius 2 is 1.36 bits per heavy atom. The molecule has 0 amide bonds. The third-order valence-corrected chi connectivity index (χ3v) is 8.33. The Balaban J connectivity index is 1.32. The van der Waals surface area contributed by atoms with Crippen molar-refractivity contribution in [2.24, 2.45) is 0 Å². The van der Waals surface area contributed by atoms with Gasteiger partial charge in [-0.25, -0.2) is 4.79 Å². The van der Waals surface area contributed by atoms with Gasteiger partial charge in [0.2, 0.25) is 0 Å². The number of methoxy groups -OCH3 is 3. The fraction of sp³-hybridized carbons (Fsp3) is 0.325. The second-order valence-electron chi connectivity index (χ2n) is 11.6. The molecule has 262 valence electrons. The molecule has 5 rings (SSSR count). The molecule has 0 fully saturated rings. The molecule has 0 saturated carbocycles. The molecule has 0 aliphatic carbocycles. The van der Waals surface area contributed by atoms with Gasteiger partial charge in [0.15, 0.2) is 5.60 Å². The Kier molecular flexibility index (Phi) is 13.4. The summed E-state index contributed by atoms with van der Waals surface area (Å²) in [5.41, 5.74) is 3.09. The van der Waals surface area contributed by atoms with Gasteiger partial charge in [0.25, 0.3) is 0 Å². The van der Waals surface area contributed by atoms with Gasteiger partial charge in [0, 0.05) is 20.3 Å². The molecule has 4 aromatic carbocycles. The molecule has 1 heterocycles. The van der Waals surface area contributed by atoms with E-state index in [4.69, 9.17) is 33.5 Å². The first kappa shape index (κ1) is 36.1. The van der Waals surface area contributed by atoms with Crippen molar-refractivity contribution in [1.82, 2.24) is 15.0 Å². The summed E-state index contributed by atoms with van der Waals surface area (Å²) in [5, 5.41) is 9.24. The van der Waals surface area contributed by atoms with Crippen LogP contribution in [0.4, 0.5) is 0 Å². The summed E-state index contributed by atoms with van der Waals surface area (Å²) in [4.78, 5) is 12.5. The number of esters is 1. The number of carbonyl (C=O) groups is 1. The Morgan fingerprint density at radius 3 is 2.02 bits per heavy atom. The molecule has 0 aliphatic heterocycles. The van der Waals surface area contributed by atoms with Crippen molar-refractivity contribution in [3.63, 3.8) is 0 Å². The highest BCUT2D eigenvalue weighted by Gasteiger charge is 2.40. The highest BCUT2D eigenvalue weighted by atomic mass is 16.6. The zero-order chi connectivity index (χ0) is 35.0. The van der Waals surface area contributed by atoms with Crippen molar-refractivity contribution in [2.45, 2.75) is 37.8 Å². The SMILES string of the molecule is COCCOC(=O)c1ccccc1OCCCCn1cc(C(OCCCc2ccccc2)(c2ccc(OC)cc2)c2ccc(OC)cc2)nn1. The highest BCUT2D eigenvalue weighted by Crippen LogP contribution is 2.41. The van der Waals surface area contributed by atoms with Crippen LogP contribution in [0.1, 0.15) is 52.0 Å². The standard InChI is InChI=1S/C40H45N3O7/c1-45-28-29-49-39(44)36-15-7-8-16-37(36)48-26-10-9-25-43-30-38(41-42-43)40(32-17-21-34(46-2)22-18-32,33-19-23-35(47-3)24-20-33)50-27-11-14-31-12-5-4-6-13-31/h4-8,12-13,15-24,30H,9-11,14,25-29H2,1-3H3. The summed E-state index contributed by atoms with van der Waals surface area (Å²) in [6.07, 6.45) is 5.17. The van der Waals surface area contributed by atoms with Gasteiger partial charge in [-0.2, -0.15) is 0 Å². The van der Waals surface area contributed by atoms with Crippen molar-refractivity contribution >= 4 is 5.97 Å². The molecule has 0 saturated heterocycles. The van der Waals surface area contributed by atoms with Crippen molar-refractivity contribution in [2.75, 3.05) is 47.8 Å². The number of nitrogens with zero attached hydrogens (tertiary/aromatic N) is 3. The fourth-order valence-corrected chi connectivity index (χ4v) is 5.68. The van der Waals surface area contributed by atoms with Gasteiger partial charge in [0.05, 0.1) is 33.6 Å². The van der Waals surface area contributed by atoms with Crippen LogP contribution in [0.2, 0.25) is 0 Å². The van der Waals surface area contributed by atoms with E-state index in [1.165, 1.54) is 5.56 Å². The van der Waals surface area contributed by atoms with Gasteiger partial charge in [0.1, 0.15) is 35.1 Å². The van der Waals surface area contributed by atoms with Gasteiger partial charge in [-0.05, 0) is 78.8 Å². The number of rotatable bonds is 20. The average molecular weight is 680 g/mol. The number of hydrogen-bond acceptors (Lipinski definition) is 9. The number of para-hydroxylation sites is 1. The number of hydrogen-bond donors (Lipinski definition) is 0. The van der Waals surface area contributed by atoms with Crippen molar-refractivity contribution in [3.8, 4) is 17.2 Å². The van der Waals surface area contributed by atoms with Crippen molar-refractivity contribution in [1.29, 1.82) is 0 Å². The lowest BCUT2D eigenvalue weighted by atomic mass is 9.83. The Morgan fingerprint density at radius 1 is 0.700 bits per heavy atom. The van der Waals surface area contributed by atoms with E-state index in [0.29, 0.717) is 43.4 Å². The van der Waals surface area contributed by atoms with E-state index >= 15 is 0 Å². The number of unbranched alkanes of at least 4 members (excludes halogenated alkanes) is 1. The van der Waals surface area contributed by atoms with Gasteiger partial charge >= 0.3 is 5.97 Å². The van der Waals surface area contributed by atoms with Gasteiger partial charge in [-0.1, -0.05) is 71.9 Å². The maximum atomic E-state index is 12.5. The quantitative estimate of drug-likeness (QED) is 0.0642. The number of carbonyl (C=O) groups excluding carboxylic acids is 1. The van der Waals surface area contributed by atoms with Crippen LogP contribution >= 0.6 is 0 Å². The molecule has 0 spiro atoms. The van der Waals surface area contributed by atoms with Crippen LogP contribution in [-0.4, -0.2) is 68.7 Å². The van der Waals surface area contributed by atoms with E-state index in [0.717, 1.165) is 48.3 Å². The molecule has 5 aromatic rings. The van der Waals surface area contributed by atoms with E-state index in [-0.39, 0.29) is 6.61 Å². The van der Waals surface area contributed by atoms with Gasteiger partial charge in [-0.3, -0.25) is 4.68 Å². The van der Waals surface area contributed by atoms with Crippen LogP contribution in [0.15, 0.2) is 109 Å². The molecule has 10 heteroatoms. The molecule has 1 aromatic heterocycles. The number of aryl methyl sites for hydroxylation is 2. The predicted octanol–water partition coefficient (Wildman–Crippen LogP) is 6.90. The first-order valence-corrected chi connectivity index (χ1v) is 16.8. The lowest BCUT2D eigenvalue weighted by Crippen LogP contribution is -2.34. The molecular weight excluding hydrogens is 634 g/mol. The summed E-state index contributed by atoms with van der Waals surface area (Å²) in [6.45, 7) is 2.04. The van der Waals surface area contributed by atoms with Crippen LogP contribution in [0.3, 0.4) is 0 Å². The van der Waals surface area contributed by atoms with Crippen molar-refractivity contribution in [3.05, 3.63) is 137 Å². The fourth-order valence-electron chi connectivity index (χ4n) is 5.68. The summed E-state index contributed by atoms with van der Waals surface area (Å²) in [5.74, 6) is 1.55. The maximum absolute atomic E-state index is 12.5. The van der Waals surface area contributed by atoms with Crippen LogP contribution < -0.4 is 14.2 Å². The van der Waals surface area contributed by atoms with E-state index < -0.39 is 11.6 Å². The first-order chi connectivity index (χ1) is 24.6. The minimum Gasteiger partial charge on any atom is -0.497 e. The first-order valence-electron chi connectivity index (χ1n) is 16.8. The Labute approximate surface area is 293 Å². The molecular formula is C40H45N3O7. The summed E-state index contributed by atoms with van der Waals surface area (Å²) < 4.78 is 36.0. The van der Waals surface area contributed by atoms with Crippen molar-refractivity contribution < 1.29 is 33.2 Å². The van der Waals surface area contributed by atoms with Crippen LogP contribution in [0.25, 0.3) is 0 Å². The van der Waals surface area contributed by atoms with E-state index in [2.05, 4.69) is 29.5 Å². The number of aromatic nitrogens is 3. The molecule has 0 atom stereocenters. The van der Waals surface area contributed by atoms with Crippen LogP contribution in [-0.2, 0) is 32.8 Å². The number of ether oxygens (including phenoxy) is 6. The lowest BCUT2D eigenvalue weighted by Gasteiger charge is -2.33.